The highest BCUT2D eigenvalue weighted by molar-refractivity contribution is 6.33. The third-order valence-electron chi connectivity index (χ3n) is 2.48. The van der Waals surface area contributed by atoms with Crippen LogP contribution >= 0.6 is 11.6 Å². The van der Waals surface area contributed by atoms with E-state index < -0.39 is 0 Å². The topological polar surface area (TPSA) is 78.9 Å². The molecule has 0 aliphatic carbocycles. The molecule has 0 N–H and O–H groups in total. The highest BCUT2D eigenvalue weighted by atomic mass is 35.5. The molecule has 0 fully saturated rings. The molecule has 6 heteroatoms. The van der Waals surface area contributed by atoms with Crippen molar-refractivity contribution in [3.8, 4) is 29.5 Å². The van der Waals surface area contributed by atoms with Crippen LogP contribution in [0.1, 0.15) is 11.1 Å². The van der Waals surface area contributed by atoms with E-state index in [4.69, 9.17) is 31.6 Å². The van der Waals surface area contributed by atoms with E-state index in [-0.39, 0.29) is 16.5 Å². The number of methoxy groups -OCH3 is 1. The molecule has 0 bridgehead atoms. The van der Waals surface area contributed by atoms with Crippen LogP contribution in [0.2, 0.25) is 5.02 Å². The van der Waals surface area contributed by atoms with Crippen molar-refractivity contribution in [1.82, 2.24) is 4.98 Å². The van der Waals surface area contributed by atoms with Gasteiger partial charge in [0.2, 0.25) is 5.88 Å². The van der Waals surface area contributed by atoms with Crippen LogP contribution in [0.4, 0.5) is 0 Å². The van der Waals surface area contributed by atoms with Crippen LogP contribution in [0, 0.1) is 22.7 Å². The van der Waals surface area contributed by atoms with Crippen LogP contribution in [0.25, 0.3) is 0 Å². The van der Waals surface area contributed by atoms with Crippen molar-refractivity contribution in [1.29, 1.82) is 10.5 Å². The summed E-state index contributed by atoms with van der Waals surface area (Å²) in [7, 11) is 1.46. The van der Waals surface area contributed by atoms with Crippen molar-refractivity contribution in [2.45, 2.75) is 0 Å². The number of nitrogens with zero attached hydrogens (tertiary/aromatic N) is 3. The summed E-state index contributed by atoms with van der Waals surface area (Å²) >= 11 is 6.01. The Hall–Kier alpha value is -2.76. The van der Waals surface area contributed by atoms with Crippen molar-refractivity contribution in [2.75, 3.05) is 7.11 Å². The van der Waals surface area contributed by atoms with Gasteiger partial charge in [-0.3, -0.25) is 0 Å². The van der Waals surface area contributed by atoms with Crippen LogP contribution in [0.15, 0.2) is 30.5 Å². The summed E-state index contributed by atoms with van der Waals surface area (Å²) in [5.74, 6) is 0.842. The Labute approximate surface area is 120 Å². The number of rotatable bonds is 3. The lowest BCUT2D eigenvalue weighted by Gasteiger charge is -2.10. The van der Waals surface area contributed by atoms with Gasteiger partial charge in [0.1, 0.15) is 11.1 Å². The Balaban J connectivity index is 2.41. The fourth-order valence-corrected chi connectivity index (χ4v) is 1.70. The van der Waals surface area contributed by atoms with Crippen LogP contribution in [0.3, 0.4) is 0 Å². The van der Waals surface area contributed by atoms with E-state index in [9.17, 15) is 0 Å². The molecule has 1 aromatic carbocycles. The van der Waals surface area contributed by atoms with Gasteiger partial charge in [0.05, 0.1) is 24.3 Å². The molecule has 0 atom stereocenters. The monoisotopic (exact) mass is 285 g/mol. The normalized spacial score (nSPS) is 9.40. The van der Waals surface area contributed by atoms with Crippen LogP contribution in [-0.4, -0.2) is 12.1 Å². The first kappa shape index (κ1) is 13.7. The van der Waals surface area contributed by atoms with Gasteiger partial charge in [-0.05, 0) is 18.2 Å². The first-order valence-electron chi connectivity index (χ1n) is 5.50. The van der Waals surface area contributed by atoms with E-state index in [1.54, 1.807) is 12.1 Å². The quantitative estimate of drug-likeness (QED) is 0.864. The number of nitriles is 2. The fraction of sp³-hybridized carbons (Fsp3) is 0.0714. The van der Waals surface area contributed by atoms with Crippen LogP contribution in [-0.2, 0) is 0 Å². The van der Waals surface area contributed by atoms with Gasteiger partial charge in [0.25, 0.3) is 0 Å². The predicted molar refractivity (Wildman–Crippen MR) is 71.7 cm³/mol. The van der Waals surface area contributed by atoms with Crippen molar-refractivity contribution < 1.29 is 9.47 Å². The predicted octanol–water partition coefficient (Wildman–Crippen LogP) is 3.28. The number of halogens is 1. The summed E-state index contributed by atoms with van der Waals surface area (Å²) in [4.78, 5) is 3.97. The smallest absolute Gasteiger partial charge is 0.239 e. The molecule has 0 saturated carbocycles. The zero-order chi connectivity index (χ0) is 14.5. The molecule has 0 spiro atoms. The molecule has 0 unspecified atom stereocenters. The van der Waals surface area contributed by atoms with Crippen molar-refractivity contribution >= 4 is 11.6 Å². The standard InChI is InChI=1S/C14H8ClN3O2/c1-19-12-6-9(7-16)2-3-11(12)20-14-13(15)10(8-17)4-5-18-14/h2-6H,1H3. The maximum atomic E-state index is 8.90. The van der Waals surface area contributed by atoms with Gasteiger partial charge >= 0.3 is 0 Å². The Morgan fingerprint density at radius 1 is 1.15 bits per heavy atom. The maximum absolute atomic E-state index is 8.90. The van der Waals surface area contributed by atoms with Crippen LogP contribution in [0.5, 0.6) is 17.4 Å². The van der Waals surface area contributed by atoms with Crippen LogP contribution < -0.4 is 9.47 Å². The number of hydrogen-bond acceptors (Lipinski definition) is 5. The molecule has 1 heterocycles. The molecule has 0 aliphatic heterocycles. The van der Waals surface area contributed by atoms with Gasteiger partial charge in [0, 0.05) is 12.3 Å². The van der Waals surface area contributed by atoms with Gasteiger partial charge in [0.15, 0.2) is 11.5 Å². The fourth-order valence-electron chi connectivity index (χ4n) is 1.51. The van der Waals surface area contributed by atoms with Gasteiger partial charge < -0.3 is 9.47 Å². The molecule has 98 valence electrons. The van der Waals surface area contributed by atoms with E-state index in [0.717, 1.165) is 0 Å². The van der Waals surface area contributed by atoms with Crippen molar-refractivity contribution in [3.05, 3.63) is 46.6 Å². The number of hydrogen-bond donors (Lipinski definition) is 0. The third-order valence-corrected chi connectivity index (χ3v) is 2.84. The minimum absolute atomic E-state index is 0.105. The average Bonchev–Trinajstić information content (AvgIpc) is 2.49. The summed E-state index contributed by atoms with van der Waals surface area (Å²) < 4.78 is 10.7. The summed E-state index contributed by atoms with van der Waals surface area (Å²) in [6.45, 7) is 0. The molecule has 5 nitrogen and oxygen atoms in total. The van der Waals surface area contributed by atoms with E-state index >= 15 is 0 Å². The summed E-state index contributed by atoms with van der Waals surface area (Å²) in [5, 5.41) is 17.9. The molecule has 0 radical (unpaired) electrons. The number of benzene rings is 1. The zero-order valence-electron chi connectivity index (χ0n) is 10.4. The van der Waals surface area contributed by atoms with Gasteiger partial charge in [-0.1, -0.05) is 11.6 Å². The van der Waals surface area contributed by atoms with E-state index in [1.807, 2.05) is 12.1 Å². The third kappa shape index (κ3) is 2.64. The lowest BCUT2D eigenvalue weighted by atomic mass is 10.2. The Kier molecular flexibility index (Phi) is 4.05. The lowest BCUT2D eigenvalue weighted by Crippen LogP contribution is -1.94. The largest absolute Gasteiger partial charge is 0.493 e. The molecule has 0 aliphatic rings. The Bertz CT molecular complexity index is 732. The van der Waals surface area contributed by atoms with Gasteiger partial charge in [-0.25, -0.2) is 4.98 Å². The average molecular weight is 286 g/mol. The first-order valence-corrected chi connectivity index (χ1v) is 5.88. The van der Waals surface area contributed by atoms with E-state index in [2.05, 4.69) is 4.98 Å². The van der Waals surface area contributed by atoms with E-state index in [0.29, 0.717) is 17.1 Å². The molecule has 20 heavy (non-hydrogen) atoms. The molecular formula is C14H8ClN3O2. The number of aromatic nitrogens is 1. The molecule has 0 amide bonds. The highest BCUT2D eigenvalue weighted by Crippen LogP contribution is 2.35. The highest BCUT2D eigenvalue weighted by Gasteiger charge is 2.13. The Morgan fingerprint density at radius 2 is 1.95 bits per heavy atom. The summed E-state index contributed by atoms with van der Waals surface area (Å²) in [5.41, 5.74) is 0.711. The molecule has 0 saturated heterocycles. The minimum atomic E-state index is 0.105. The SMILES string of the molecule is COc1cc(C#N)ccc1Oc1nccc(C#N)c1Cl. The van der Waals surface area contributed by atoms with Gasteiger partial charge in [-0.2, -0.15) is 10.5 Å². The summed E-state index contributed by atoms with van der Waals surface area (Å²) in [6, 6.07) is 10.1. The zero-order valence-corrected chi connectivity index (χ0v) is 11.2. The molecule has 2 rings (SSSR count). The molecular weight excluding hydrogens is 278 g/mol. The second-order valence-electron chi connectivity index (χ2n) is 3.67. The van der Waals surface area contributed by atoms with Crippen molar-refractivity contribution in [3.63, 3.8) is 0 Å². The number of pyridine rings is 1. The lowest BCUT2D eigenvalue weighted by molar-refractivity contribution is 0.374. The second-order valence-corrected chi connectivity index (χ2v) is 4.05. The minimum Gasteiger partial charge on any atom is -0.493 e. The van der Waals surface area contributed by atoms with Crippen molar-refractivity contribution in [2.24, 2.45) is 0 Å². The maximum Gasteiger partial charge on any atom is 0.239 e. The van der Waals surface area contributed by atoms with E-state index in [1.165, 1.54) is 25.4 Å². The first-order chi connectivity index (χ1) is 9.69. The molecule has 2 aromatic rings. The Morgan fingerprint density at radius 3 is 2.60 bits per heavy atom. The summed E-state index contributed by atoms with van der Waals surface area (Å²) in [6.07, 6.45) is 1.43. The number of ether oxygens (including phenoxy) is 2. The van der Waals surface area contributed by atoms with Gasteiger partial charge in [-0.15, -0.1) is 0 Å². The second kappa shape index (κ2) is 5.92. The molecule has 1 aromatic heterocycles.